The number of hydrogen-bond acceptors (Lipinski definition) is 14. The van der Waals surface area contributed by atoms with E-state index in [1.807, 2.05) is 0 Å². The third kappa shape index (κ3) is 11.6. The number of ether oxygens (including phenoxy) is 2. The second-order valence-corrected chi connectivity index (χ2v) is 10.2. The van der Waals surface area contributed by atoms with E-state index in [0.29, 0.717) is 9.79 Å². The van der Waals surface area contributed by atoms with Crippen LogP contribution in [0.4, 0.5) is 11.4 Å². The summed E-state index contributed by atoms with van der Waals surface area (Å²) in [5.41, 5.74) is -1.63. The summed E-state index contributed by atoms with van der Waals surface area (Å²) in [5, 5.41) is 28.1. The number of ketones is 1. The Morgan fingerprint density at radius 1 is 0.881 bits per heavy atom. The van der Waals surface area contributed by atoms with Gasteiger partial charge >= 0.3 is 11.9 Å². The van der Waals surface area contributed by atoms with Gasteiger partial charge in [0.2, 0.25) is 5.91 Å². The molecule has 226 valence electrons. The number of benzene rings is 2. The molecule has 0 aliphatic heterocycles. The fourth-order valence-corrected chi connectivity index (χ4v) is 4.91. The minimum atomic E-state index is -1.00. The molecule has 0 saturated carbocycles. The summed E-state index contributed by atoms with van der Waals surface area (Å²) in [6.07, 6.45) is -0.208. The Balaban J connectivity index is 0.00000882. The molecule has 2 aromatic rings. The molecule has 0 unspecified atom stereocenters. The van der Waals surface area contributed by atoms with Crippen LogP contribution in [0, 0.1) is 20.2 Å². The van der Waals surface area contributed by atoms with Crippen LogP contribution in [-0.4, -0.2) is 66.7 Å². The molecule has 2 rings (SSSR count). The first-order valence-electron chi connectivity index (χ1n) is 11.7. The average Bonchev–Trinajstić information content (AvgIpc) is 2.93. The summed E-state index contributed by atoms with van der Waals surface area (Å²) in [6.45, 7) is 4.42. The van der Waals surface area contributed by atoms with Crippen molar-refractivity contribution in [3.63, 3.8) is 0 Å². The van der Waals surface area contributed by atoms with Crippen molar-refractivity contribution in [1.29, 1.82) is 0 Å². The number of nitrogens with one attached hydrogen (secondary N) is 2. The predicted molar refractivity (Wildman–Crippen MR) is 156 cm³/mol. The van der Waals surface area contributed by atoms with E-state index in [1.54, 1.807) is 0 Å². The summed E-state index contributed by atoms with van der Waals surface area (Å²) in [4.78, 5) is 73.6. The summed E-state index contributed by atoms with van der Waals surface area (Å²) in [7, 11) is 2.12. The van der Waals surface area contributed by atoms with E-state index in [2.05, 4.69) is 22.3 Å². The number of aliphatic imine (C=N–C) groups is 1. The zero-order valence-electron chi connectivity index (χ0n) is 21.7. The van der Waals surface area contributed by atoms with Crippen LogP contribution in [0.1, 0.15) is 47.9 Å². The lowest BCUT2D eigenvalue weighted by molar-refractivity contribution is -0.385. The highest BCUT2D eigenvalue weighted by Gasteiger charge is 2.24. The number of Topliss-reactive ketones (excluding diaryl/α,β-unsaturated/α-hetero) is 1. The highest BCUT2D eigenvalue weighted by molar-refractivity contribution is 8.76. The fourth-order valence-electron chi connectivity index (χ4n) is 2.94. The van der Waals surface area contributed by atoms with Gasteiger partial charge in [0.1, 0.15) is 23.5 Å². The van der Waals surface area contributed by atoms with Crippen molar-refractivity contribution in [2.75, 3.05) is 26.6 Å². The Kier molecular flexibility index (Phi) is 15.4. The smallest absolute Gasteiger partial charge is 0.345 e. The molecule has 0 aliphatic carbocycles. The van der Waals surface area contributed by atoms with Crippen LogP contribution in [0.15, 0.2) is 51.2 Å². The van der Waals surface area contributed by atoms with Gasteiger partial charge in [-0.25, -0.2) is 9.59 Å². The van der Waals surface area contributed by atoms with Crippen LogP contribution >= 0.6 is 21.6 Å². The summed E-state index contributed by atoms with van der Waals surface area (Å²) >= 11 is 0. The van der Waals surface area contributed by atoms with Crippen LogP contribution in [0.25, 0.3) is 0 Å². The monoisotopic (exact) mass is 623 g/mol. The Bertz CT molecular complexity index is 1340. The van der Waals surface area contributed by atoms with E-state index >= 15 is 0 Å². The van der Waals surface area contributed by atoms with Gasteiger partial charge in [0.05, 0.1) is 36.2 Å². The molecule has 17 heteroatoms. The highest BCUT2D eigenvalue weighted by atomic mass is 33.1. The van der Waals surface area contributed by atoms with Gasteiger partial charge in [-0.15, -0.1) is 0 Å². The number of nitrogens with zero attached hydrogens (tertiary/aromatic N) is 3. The molecule has 0 bridgehead atoms. The number of esters is 2. The Morgan fingerprint density at radius 3 is 1.79 bits per heavy atom. The van der Waals surface area contributed by atoms with E-state index in [-0.39, 0.29) is 63.7 Å². The molecule has 1 amide bonds. The maximum Gasteiger partial charge on any atom is 0.345 e. The Morgan fingerprint density at radius 2 is 1.36 bits per heavy atom. The van der Waals surface area contributed by atoms with Gasteiger partial charge in [-0.3, -0.25) is 40.1 Å². The third-order valence-corrected chi connectivity index (χ3v) is 7.27. The van der Waals surface area contributed by atoms with Gasteiger partial charge in [0, 0.05) is 28.3 Å². The van der Waals surface area contributed by atoms with Crippen molar-refractivity contribution in [3.8, 4) is 0 Å². The van der Waals surface area contributed by atoms with Crippen molar-refractivity contribution in [1.82, 2.24) is 10.6 Å². The second-order valence-electron chi connectivity index (χ2n) is 7.92. The zero-order chi connectivity index (χ0) is 30.4. The summed E-state index contributed by atoms with van der Waals surface area (Å²) in [5.74, 6) is -2.61. The number of rotatable bonds is 17. The first-order valence-corrected chi connectivity index (χ1v) is 13.8. The van der Waals surface area contributed by atoms with Crippen LogP contribution in [-0.2, 0) is 19.1 Å². The minimum Gasteiger partial charge on any atom is -0.461 e. The lowest BCUT2D eigenvalue weighted by Crippen LogP contribution is -2.34. The lowest BCUT2D eigenvalue weighted by Gasteiger charge is -2.09. The van der Waals surface area contributed by atoms with Gasteiger partial charge in [-0.1, -0.05) is 29.0 Å². The SMILES string of the molecule is C.C=NCNCNC(=O)CCOC(=O)c1cc(SSc2ccc([N+](=O)[O-])c(C(=O)OCCC(C)=O)c2)ccc1[N+](=O)[O-]. The topological polar surface area (TPSA) is 209 Å². The maximum atomic E-state index is 12.6. The van der Waals surface area contributed by atoms with Crippen LogP contribution in [0.5, 0.6) is 0 Å². The zero-order valence-corrected chi connectivity index (χ0v) is 23.3. The molecule has 2 aromatic carbocycles. The van der Waals surface area contributed by atoms with Gasteiger partial charge < -0.3 is 14.8 Å². The van der Waals surface area contributed by atoms with E-state index in [9.17, 15) is 39.4 Å². The summed E-state index contributed by atoms with van der Waals surface area (Å²) in [6, 6.07) is 7.54. The molecule has 2 N–H and O–H groups in total. The number of nitro groups is 2. The molecule has 0 aromatic heterocycles. The minimum absolute atomic E-state index is 0. The largest absolute Gasteiger partial charge is 0.461 e. The number of amides is 1. The number of hydrogen-bond donors (Lipinski definition) is 2. The third-order valence-electron chi connectivity index (χ3n) is 4.89. The number of carbonyl (C=O) groups excluding carboxylic acids is 4. The van der Waals surface area contributed by atoms with E-state index in [4.69, 9.17) is 9.47 Å². The van der Waals surface area contributed by atoms with Gasteiger partial charge in [-0.2, -0.15) is 0 Å². The highest BCUT2D eigenvalue weighted by Crippen LogP contribution is 2.40. The van der Waals surface area contributed by atoms with Crippen molar-refractivity contribution in [2.24, 2.45) is 4.99 Å². The maximum absolute atomic E-state index is 12.6. The van der Waals surface area contributed by atoms with Gasteiger partial charge in [-0.05, 0) is 37.9 Å². The van der Waals surface area contributed by atoms with Crippen LogP contribution in [0.2, 0.25) is 0 Å². The lowest BCUT2D eigenvalue weighted by atomic mass is 10.2. The van der Waals surface area contributed by atoms with Crippen LogP contribution in [0.3, 0.4) is 0 Å². The van der Waals surface area contributed by atoms with Gasteiger partial charge in [0.15, 0.2) is 0 Å². The molecule has 0 saturated heterocycles. The average molecular weight is 624 g/mol. The van der Waals surface area contributed by atoms with E-state index in [1.165, 1.54) is 31.2 Å². The van der Waals surface area contributed by atoms with Crippen molar-refractivity contribution < 1.29 is 38.5 Å². The Labute approximate surface area is 248 Å². The summed E-state index contributed by atoms with van der Waals surface area (Å²) < 4.78 is 10.0. The number of nitro benzene ring substituents is 2. The van der Waals surface area contributed by atoms with E-state index < -0.39 is 39.1 Å². The van der Waals surface area contributed by atoms with Crippen molar-refractivity contribution >= 4 is 63.3 Å². The van der Waals surface area contributed by atoms with E-state index in [0.717, 1.165) is 33.7 Å². The first kappa shape index (κ1) is 35.7. The molecule has 0 atom stereocenters. The van der Waals surface area contributed by atoms with Crippen molar-refractivity contribution in [2.45, 2.75) is 37.0 Å². The molecular formula is C25H29N5O10S2. The molecular weight excluding hydrogens is 594 g/mol. The molecule has 0 spiro atoms. The van der Waals surface area contributed by atoms with Crippen LogP contribution < -0.4 is 10.6 Å². The Hall–Kier alpha value is -4.35. The standard InChI is InChI=1S/C24H25N5O10S2.CH4/c1-15(30)7-9-38-23(32)18-11-16(3-5-20(18)28(34)35)40-41-17-4-6-21(29(36)37)19(12-17)24(33)39-10-8-22(31)27-14-26-13-25-2;/h3-6,11-12,26H,2,7-10,13-14H2,1H3,(H,27,31);1H4. The first-order chi connectivity index (χ1) is 19.5. The second kappa shape index (κ2) is 18.2. The molecule has 0 heterocycles. The molecule has 0 aliphatic rings. The van der Waals surface area contributed by atoms with Gasteiger partial charge in [0.25, 0.3) is 11.4 Å². The molecule has 0 fully saturated rings. The molecule has 42 heavy (non-hydrogen) atoms. The predicted octanol–water partition coefficient (Wildman–Crippen LogP) is 3.94. The fraction of sp³-hybridized carbons (Fsp3) is 0.320. The quantitative estimate of drug-likeness (QED) is 0.0487. The normalized spacial score (nSPS) is 10.1. The molecule has 0 radical (unpaired) electrons. The van der Waals surface area contributed by atoms with Crippen molar-refractivity contribution in [3.05, 3.63) is 67.8 Å². The number of carbonyl (C=O) groups is 4. The molecule has 15 nitrogen and oxygen atoms in total.